The lowest BCUT2D eigenvalue weighted by Crippen LogP contribution is -2.57. The van der Waals surface area contributed by atoms with E-state index in [1.165, 1.54) is 11.3 Å². The number of nitrogens with one attached hydrogen (secondary N) is 3. The number of hydrogen-bond donors (Lipinski definition) is 4. The second-order valence-corrected chi connectivity index (χ2v) is 11.2. The van der Waals surface area contributed by atoms with Crippen molar-refractivity contribution in [2.75, 3.05) is 13.6 Å². The number of fused-ring (bicyclic) bond motifs is 2. The Kier molecular flexibility index (Phi) is 6.14. The van der Waals surface area contributed by atoms with Crippen molar-refractivity contribution in [2.45, 2.75) is 56.8 Å². The first-order chi connectivity index (χ1) is 16.2. The van der Waals surface area contributed by atoms with E-state index in [-0.39, 0.29) is 17.9 Å². The van der Waals surface area contributed by atoms with E-state index < -0.39 is 11.6 Å². The summed E-state index contributed by atoms with van der Waals surface area (Å²) >= 11 is 7.48. The lowest BCUT2D eigenvalue weighted by molar-refractivity contribution is 0.000654. The Hall–Kier alpha value is -2.46. The topological polar surface area (TPSA) is 110 Å². The lowest BCUT2D eigenvalue weighted by atomic mass is 9.80. The van der Waals surface area contributed by atoms with Gasteiger partial charge in [0.05, 0.1) is 17.3 Å². The van der Waals surface area contributed by atoms with Crippen molar-refractivity contribution < 1.29 is 14.7 Å². The van der Waals surface area contributed by atoms with E-state index in [4.69, 9.17) is 11.6 Å². The summed E-state index contributed by atoms with van der Waals surface area (Å²) in [6.45, 7) is 3.49. The molecule has 0 spiro atoms. The van der Waals surface area contributed by atoms with Gasteiger partial charge < -0.3 is 25.6 Å². The quantitative estimate of drug-likeness (QED) is 0.439. The van der Waals surface area contributed by atoms with Gasteiger partial charge in [-0.05, 0) is 57.5 Å². The number of hydrogen-bond acceptors (Lipinski definition) is 6. The first kappa shape index (κ1) is 23.3. The molecular weight excluding hydrogens is 474 g/mol. The Morgan fingerprint density at radius 3 is 2.88 bits per heavy atom. The minimum absolute atomic E-state index is 0.258. The number of likely N-dealkylation sites (N-methyl/N-ethyl adjacent to an activating group) is 1. The van der Waals surface area contributed by atoms with Crippen LogP contribution in [0.5, 0.6) is 0 Å². The molecule has 2 aromatic heterocycles. The van der Waals surface area contributed by atoms with Crippen LogP contribution in [0.1, 0.15) is 57.0 Å². The van der Waals surface area contributed by atoms with Crippen molar-refractivity contribution in [1.29, 1.82) is 0 Å². The van der Waals surface area contributed by atoms with E-state index in [9.17, 15) is 14.7 Å². The van der Waals surface area contributed by atoms with Gasteiger partial charge in [-0.2, -0.15) is 0 Å². The minimum atomic E-state index is -0.915. The second kappa shape index (κ2) is 8.96. The maximum absolute atomic E-state index is 13.1. The average Bonchev–Trinajstić information content (AvgIpc) is 3.38. The van der Waals surface area contributed by atoms with Crippen molar-refractivity contribution in [3.8, 4) is 0 Å². The van der Waals surface area contributed by atoms with Crippen LogP contribution in [0.2, 0.25) is 5.02 Å². The number of nitrogens with zero attached hydrogens (tertiary/aromatic N) is 2. The molecule has 3 atom stereocenters. The van der Waals surface area contributed by atoms with Crippen LogP contribution in [0.15, 0.2) is 24.3 Å². The van der Waals surface area contributed by atoms with Gasteiger partial charge in [-0.3, -0.25) is 9.59 Å². The number of carbonyl (C=O) groups excluding carboxylic acids is 2. The third kappa shape index (κ3) is 4.84. The summed E-state index contributed by atoms with van der Waals surface area (Å²) in [5.74, 6) is -0.518. The Labute approximate surface area is 206 Å². The monoisotopic (exact) mass is 501 g/mol. The van der Waals surface area contributed by atoms with Gasteiger partial charge >= 0.3 is 0 Å². The van der Waals surface area contributed by atoms with Crippen molar-refractivity contribution in [3.05, 3.63) is 50.6 Å². The molecule has 0 bridgehead atoms. The molecule has 2 amide bonds. The predicted molar refractivity (Wildman–Crippen MR) is 132 cm³/mol. The van der Waals surface area contributed by atoms with Gasteiger partial charge in [0.1, 0.15) is 5.69 Å². The van der Waals surface area contributed by atoms with Crippen molar-refractivity contribution in [1.82, 2.24) is 25.5 Å². The maximum Gasteiger partial charge on any atom is 0.280 e. The van der Waals surface area contributed by atoms with E-state index in [1.54, 1.807) is 25.1 Å². The molecule has 4 N–H and O–H groups in total. The van der Waals surface area contributed by atoms with E-state index in [0.29, 0.717) is 35.0 Å². The molecule has 10 heteroatoms. The number of aromatic amines is 1. The molecule has 8 nitrogen and oxygen atoms in total. The van der Waals surface area contributed by atoms with Gasteiger partial charge in [-0.1, -0.05) is 11.6 Å². The Morgan fingerprint density at radius 2 is 2.06 bits per heavy atom. The molecule has 1 aliphatic carbocycles. The average molecular weight is 502 g/mol. The SMILES string of the molecule is CN1CCc2nc(C(=O)NC3CC(C)(O)CCC3NC(=O)c3cc4cc(Cl)ccc4[nH]3)sc2C1. The summed E-state index contributed by atoms with van der Waals surface area (Å²) in [7, 11) is 2.06. The smallest absolute Gasteiger partial charge is 0.280 e. The molecule has 2 aliphatic rings. The largest absolute Gasteiger partial charge is 0.390 e. The van der Waals surface area contributed by atoms with Crippen LogP contribution in [0, 0.1) is 0 Å². The molecule has 1 saturated carbocycles. The van der Waals surface area contributed by atoms with E-state index >= 15 is 0 Å². The Morgan fingerprint density at radius 1 is 1.26 bits per heavy atom. The van der Waals surface area contributed by atoms with E-state index in [2.05, 4.69) is 32.5 Å². The number of aromatic nitrogens is 2. The fraction of sp³-hybridized carbons (Fsp3) is 0.458. The van der Waals surface area contributed by atoms with Gasteiger partial charge in [-0.15, -0.1) is 11.3 Å². The molecule has 1 aliphatic heterocycles. The van der Waals surface area contributed by atoms with Crippen molar-refractivity contribution >= 4 is 45.7 Å². The molecule has 1 aromatic carbocycles. The highest BCUT2D eigenvalue weighted by Crippen LogP contribution is 2.30. The summed E-state index contributed by atoms with van der Waals surface area (Å²) in [6.07, 6.45) is 2.27. The summed E-state index contributed by atoms with van der Waals surface area (Å²) in [5, 5.41) is 18.7. The first-order valence-electron chi connectivity index (χ1n) is 11.5. The molecule has 0 saturated heterocycles. The van der Waals surface area contributed by atoms with Crippen LogP contribution < -0.4 is 10.6 Å². The molecule has 3 aromatic rings. The molecular formula is C24H28ClN5O3S. The minimum Gasteiger partial charge on any atom is -0.390 e. The summed E-state index contributed by atoms with van der Waals surface area (Å²) in [5.41, 5.74) is 1.33. The zero-order chi connectivity index (χ0) is 24.0. The van der Waals surface area contributed by atoms with Crippen LogP contribution in [0.25, 0.3) is 10.9 Å². The molecule has 3 unspecified atom stereocenters. The normalized spacial score (nSPS) is 25.2. The van der Waals surface area contributed by atoms with Crippen LogP contribution in [0.3, 0.4) is 0 Å². The van der Waals surface area contributed by atoms with E-state index in [1.807, 2.05) is 6.07 Å². The van der Waals surface area contributed by atoms with Crippen LogP contribution in [-0.2, 0) is 13.0 Å². The number of amides is 2. The highest BCUT2D eigenvalue weighted by atomic mass is 35.5. The number of benzene rings is 1. The first-order valence-corrected chi connectivity index (χ1v) is 12.7. The molecule has 0 radical (unpaired) electrons. The second-order valence-electron chi connectivity index (χ2n) is 9.69. The molecule has 180 valence electrons. The van der Waals surface area contributed by atoms with Gasteiger partial charge in [0.25, 0.3) is 11.8 Å². The highest BCUT2D eigenvalue weighted by molar-refractivity contribution is 7.13. The van der Waals surface area contributed by atoms with Crippen LogP contribution in [-0.4, -0.2) is 63.1 Å². The van der Waals surface area contributed by atoms with Crippen molar-refractivity contribution in [2.24, 2.45) is 0 Å². The predicted octanol–water partition coefficient (Wildman–Crippen LogP) is 3.10. The highest BCUT2D eigenvalue weighted by Gasteiger charge is 2.38. The fourth-order valence-corrected chi connectivity index (χ4v) is 6.10. The van der Waals surface area contributed by atoms with Crippen molar-refractivity contribution in [3.63, 3.8) is 0 Å². The number of thiazole rings is 1. The molecule has 5 rings (SSSR count). The van der Waals surface area contributed by atoms with Gasteiger partial charge in [0.15, 0.2) is 5.01 Å². The molecule has 3 heterocycles. The summed E-state index contributed by atoms with van der Waals surface area (Å²) in [4.78, 5) is 37.1. The molecule has 34 heavy (non-hydrogen) atoms. The maximum atomic E-state index is 13.1. The Balaban J connectivity index is 1.31. The van der Waals surface area contributed by atoms with Gasteiger partial charge in [0, 0.05) is 46.4 Å². The number of halogens is 1. The summed E-state index contributed by atoms with van der Waals surface area (Å²) < 4.78 is 0. The van der Waals surface area contributed by atoms with E-state index in [0.717, 1.165) is 41.0 Å². The zero-order valence-electron chi connectivity index (χ0n) is 19.2. The lowest BCUT2D eigenvalue weighted by Gasteiger charge is -2.40. The summed E-state index contributed by atoms with van der Waals surface area (Å²) in [6, 6.07) is 6.44. The fourth-order valence-electron chi connectivity index (χ4n) is 4.83. The standard InChI is InChI=1S/C24H28ClN5O3S/c1-24(33)7-5-16(27-21(31)18-10-13-9-14(25)3-4-15(13)26-18)19(11-24)28-22(32)23-29-17-6-8-30(2)12-20(17)34-23/h3-4,9-10,16,19,26,33H,5-8,11-12H2,1-2H3,(H,27,31)(H,28,32). The molecule has 1 fully saturated rings. The number of carbonyl (C=O) groups is 2. The van der Waals surface area contributed by atoms with Crippen LogP contribution >= 0.6 is 22.9 Å². The number of aliphatic hydroxyl groups is 1. The number of H-pyrrole nitrogens is 1. The zero-order valence-corrected chi connectivity index (χ0v) is 20.7. The third-order valence-corrected chi connectivity index (χ3v) is 8.03. The number of rotatable bonds is 4. The van der Waals surface area contributed by atoms with Gasteiger partial charge in [0.2, 0.25) is 0 Å². The van der Waals surface area contributed by atoms with Gasteiger partial charge in [-0.25, -0.2) is 4.98 Å². The Bertz CT molecular complexity index is 1250. The third-order valence-electron chi connectivity index (χ3n) is 6.72. The van der Waals surface area contributed by atoms with Crippen LogP contribution in [0.4, 0.5) is 0 Å².